The summed E-state index contributed by atoms with van der Waals surface area (Å²) < 4.78 is 0. The Morgan fingerprint density at radius 1 is 1.25 bits per heavy atom. The Labute approximate surface area is 125 Å². The van der Waals surface area contributed by atoms with Gasteiger partial charge in [0.2, 0.25) is 0 Å². The second-order valence-electron chi connectivity index (χ2n) is 6.99. The van der Waals surface area contributed by atoms with Crippen LogP contribution in [0.5, 0.6) is 0 Å². The highest BCUT2D eigenvalue weighted by molar-refractivity contribution is 4.87. The van der Waals surface area contributed by atoms with Crippen LogP contribution in [-0.2, 0) is 0 Å². The lowest BCUT2D eigenvalue weighted by molar-refractivity contribution is 0.0339. The van der Waals surface area contributed by atoms with Crippen LogP contribution in [0.15, 0.2) is 0 Å². The number of nitrogens with one attached hydrogen (secondary N) is 1. The molecule has 2 aliphatic rings. The number of likely N-dealkylation sites (tertiary alicyclic amines) is 1. The molecule has 3 heteroatoms. The standard InChI is InChI=1S/C17H34N2O/c1-3-5-9-19-12-15(17(20)4-2)10-16(13-19)18-11-14-7-6-8-14/h14-18,20H,3-13H2,1-2H3. The van der Waals surface area contributed by atoms with Crippen LogP contribution in [0.25, 0.3) is 0 Å². The van der Waals surface area contributed by atoms with Crippen LogP contribution in [0.3, 0.4) is 0 Å². The number of aliphatic hydroxyl groups excluding tert-OH is 1. The summed E-state index contributed by atoms with van der Waals surface area (Å²) in [7, 11) is 0. The van der Waals surface area contributed by atoms with Crippen molar-refractivity contribution in [2.75, 3.05) is 26.2 Å². The number of aliphatic hydroxyl groups is 1. The van der Waals surface area contributed by atoms with Crippen molar-refractivity contribution >= 4 is 0 Å². The van der Waals surface area contributed by atoms with E-state index in [-0.39, 0.29) is 6.10 Å². The van der Waals surface area contributed by atoms with Gasteiger partial charge in [0, 0.05) is 19.1 Å². The maximum absolute atomic E-state index is 10.2. The molecule has 0 spiro atoms. The average Bonchev–Trinajstić information content (AvgIpc) is 2.42. The molecule has 0 radical (unpaired) electrons. The third kappa shape index (κ3) is 4.71. The normalized spacial score (nSPS) is 30.1. The molecule has 2 N–H and O–H groups in total. The van der Waals surface area contributed by atoms with Crippen LogP contribution in [0, 0.1) is 11.8 Å². The minimum absolute atomic E-state index is 0.118. The van der Waals surface area contributed by atoms with Gasteiger partial charge in [-0.3, -0.25) is 0 Å². The van der Waals surface area contributed by atoms with Crippen LogP contribution in [0.1, 0.15) is 58.8 Å². The van der Waals surface area contributed by atoms with Crippen molar-refractivity contribution in [2.24, 2.45) is 11.8 Å². The molecule has 3 atom stereocenters. The van der Waals surface area contributed by atoms with Gasteiger partial charge in [-0.25, -0.2) is 0 Å². The fraction of sp³-hybridized carbons (Fsp3) is 1.00. The van der Waals surface area contributed by atoms with Gasteiger partial charge < -0.3 is 15.3 Å². The minimum Gasteiger partial charge on any atom is -0.393 e. The zero-order valence-corrected chi connectivity index (χ0v) is 13.5. The first-order valence-electron chi connectivity index (χ1n) is 8.86. The molecule has 2 fully saturated rings. The van der Waals surface area contributed by atoms with Crippen molar-refractivity contribution in [3.8, 4) is 0 Å². The van der Waals surface area contributed by atoms with Crippen molar-refractivity contribution in [1.82, 2.24) is 10.2 Å². The molecule has 1 saturated heterocycles. The number of piperidine rings is 1. The first-order chi connectivity index (χ1) is 9.72. The molecule has 0 bridgehead atoms. The van der Waals surface area contributed by atoms with E-state index >= 15 is 0 Å². The summed E-state index contributed by atoms with van der Waals surface area (Å²) in [5.74, 6) is 1.39. The summed E-state index contributed by atoms with van der Waals surface area (Å²) >= 11 is 0. The van der Waals surface area contributed by atoms with E-state index in [0.717, 1.165) is 25.3 Å². The van der Waals surface area contributed by atoms with Gasteiger partial charge in [-0.15, -0.1) is 0 Å². The van der Waals surface area contributed by atoms with Gasteiger partial charge in [0.25, 0.3) is 0 Å². The molecule has 0 aromatic carbocycles. The molecule has 3 unspecified atom stereocenters. The molecule has 1 aliphatic heterocycles. The van der Waals surface area contributed by atoms with Crippen LogP contribution in [0.4, 0.5) is 0 Å². The topological polar surface area (TPSA) is 35.5 Å². The lowest BCUT2D eigenvalue weighted by Crippen LogP contribution is -2.52. The maximum atomic E-state index is 10.2. The SMILES string of the molecule is CCCCN1CC(NCC2CCC2)CC(C(O)CC)C1. The first-order valence-corrected chi connectivity index (χ1v) is 8.86. The fourth-order valence-corrected chi connectivity index (χ4v) is 3.59. The summed E-state index contributed by atoms with van der Waals surface area (Å²) in [6, 6.07) is 0.590. The van der Waals surface area contributed by atoms with E-state index in [0.29, 0.717) is 12.0 Å². The van der Waals surface area contributed by atoms with E-state index in [1.165, 1.54) is 51.7 Å². The smallest absolute Gasteiger partial charge is 0.0578 e. The first kappa shape index (κ1) is 16.3. The highest BCUT2D eigenvalue weighted by Crippen LogP contribution is 2.27. The molecule has 20 heavy (non-hydrogen) atoms. The maximum Gasteiger partial charge on any atom is 0.0578 e. The van der Waals surface area contributed by atoms with E-state index in [1.807, 2.05) is 0 Å². The molecule has 1 aliphatic carbocycles. The number of rotatable bonds is 8. The zero-order chi connectivity index (χ0) is 14.4. The monoisotopic (exact) mass is 282 g/mol. The quantitative estimate of drug-likeness (QED) is 0.718. The third-order valence-corrected chi connectivity index (χ3v) is 5.27. The summed E-state index contributed by atoms with van der Waals surface area (Å²) in [6.07, 6.45) is 8.73. The molecule has 1 saturated carbocycles. The van der Waals surface area contributed by atoms with Gasteiger partial charge >= 0.3 is 0 Å². The van der Waals surface area contributed by atoms with E-state index < -0.39 is 0 Å². The fourth-order valence-electron chi connectivity index (χ4n) is 3.59. The lowest BCUT2D eigenvalue weighted by Gasteiger charge is -2.41. The van der Waals surface area contributed by atoms with Crippen LogP contribution in [-0.4, -0.2) is 48.3 Å². The van der Waals surface area contributed by atoms with Gasteiger partial charge in [0.15, 0.2) is 0 Å². The molecule has 0 aromatic rings. The number of hydrogen-bond acceptors (Lipinski definition) is 3. The second-order valence-corrected chi connectivity index (χ2v) is 6.99. The van der Waals surface area contributed by atoms with Crippen molar-refractivity contribution in [2.45, 2.75) is 70.9 Å². The molecule has 1 heterocycles. The minimum atomic E-state index is -0.118. The van der Waals surface area contributed by atoms with Gasteiger partial charge in [0.05, 0.1) is 6.10 Å². The molecule has 118 valence electrons. The summed E-state index contributed by atoms with van der Waals surface area (Å²) in [6.45, 7) is 9.03. The molecule has 3 nitrogen and oxygen atoms in total. The Kier molecular flexibility index (Phi) is 6.79. The Bertz CT molecular complexity index is 268. The van der Waals surface area contributed by atoms with E-state index in [1.54, 1.807) is 0 Å². The van der Waals surface area contributed by atoms with Gasteiger partial charge in [-0.1, -0.05) is 26.7 Å². The summed E-state index contributed by atoms with van der Waals surface area (Å²) in [5, 5.41) is 14.0. The summed E-state index contributed by atoms with van der Waals surface area (Å²) in [5.41, 5.74) is 0. The predicted molar refractivity (Wildman–Crippen MR) is 84.9 cm³/mol. The Morgan fingerprint density at radius 3 is 2.65 bits per heavy atom. The highest BCUT2D eigenvalue weighted by atomic mass is 16.3. The van der Waals surface area contributed by atoms with Crippen molar-refractivity contribution in [3.05, 3.63) is 0 Å². The zero-order valence-electron chi connectivity index (χ0n) is 13.5. The van der Waals surface area contributed by atoms with E-state index in [2.05, 4.69) is 24.1 Å². The largest absolute Gasteiger partial charge is 0.393 e. The Morgan fingerprint density at radius 2 is 2.05 bits per heavy atom. The summed E-state index contributed by atoms with van der Waals surface area (Å²) in [4.78, 5) is 2.58. The lowest BCUT2D eigenvalue weighted by atomic mass is 9.84. The Hall–Kier alpha value is -0.120. The van der Waals surface area contributed by atoms with E-state index in [9.17, 15) is 5.11 Å². The van der Waals surface area contributed by atoms with Gasteiger partial charge in [-0.2, -0.15) is 0 Å². The van der Waals surface area contributed by atoms with Gasteiger partial charge in [-0.05, 0) is 57.0 Å². The van der Waals surface area contributed by atoms with E-state index in [4.69, 9.17) is 0 Å². The van der Waals surface area contributed by atoms with Crippen LogP contribution in [0.2, 0.25) is 0 Å². The second kappa shape index (κ2) is 8.35. The Balaban J connectivity index is 1.81. The number of unbranched alkanes of at least 4 members (excludes halogenated alkanes) is 1. The van der Waals surface area contributed by atoms with Crippen LogP contribution >= 0.6 is 0 Å². The third-order valence-electron chi connectivity index (χ3n) is 5.27. The van der Waals surface area contributed by atoms with Crippen LogP contribution < -0.4 is 5.32 Å². The predicted octanol–water partition coefficient (Wildman–Crippen LogP) is 2.64. The van der Waals surface area contributed by atoms with Gasteiger partial charge in [0.1, 0.15) is 0 Å². The average molecular weight is 282 g/mol. The van der Waals surface area contributed by atoms with Crippen molar-refractivity contribution < 1.29 is 5.11 Å². The van der Waals surface area contributed by atoms with Crippen molar-refractivity contribution in [1.29, 1.82) is 0 Å². The molecular formula is C17H34N2O. The molecule has 2 rings (SSSR count). The number of nitrogens with zero attached hydrogens (tertiary/aromatic N) is 1. The molecule has 0 amide bonds. The molecule has 0 aromatic heterocycles. The number of hydrogen-bond donors (Lipinski definition) is 2. The van der Waals surface area contributed by atoms with Crippen molar-refractivity contribution in [3.63, 3.8) is 0 Å². The molecular weight excluding hydrogens is 248 g/mol. The highest BCUT2D eigenvalue weighted by Gasteiger charge is 2.31.